The van der Waals surface area contributed by atoms with Crippen LogP contribution in [-0.2, 0) is 4.79 Å². The van der Waals surface area contributed by atoms with Gasteiger partial charge in [-0.2, -0.15) is 0 Å². The normalized spacial score (nSPS) is 12.0. The van der Waals surface area contributed by atoms with Gasteiger partial charge in [0.15, 0.2) is 5.16 Å². The Bertz CT molecular complexity index is 1290. The third-order valence-corrected chi connectivity index (χ3v) is 7.32. The molecule has 164 valence electrons. The molecule has 1 unspecified atom stereocenters. The van der Waals surface area contributed by atoms with Gasteiger partial charge >= 0.3 is 0 Å². The van der Waals surface area contributed by atoms with Crippen molar-refractivity contribution in [1.29, 1.82) is 0 Å². The fraction of sp³-hybridized carbons (Fsp3) is 0.174. The molecule has 0 fully saturated rings. The van der Waals surface area contributed by atoms with Gasteiger partial charge in [0.25, 0.3) is 0 Å². The van der Waals surface area contributed by atoms with Crippen LogP contribution in [0.3, 0.4) is 0 Å². The number of methoxy groups -OCH3 is 1. The summed E-state index contributed by atoms with van der Waals surface area (Å²) >= 11 is 8.31. The first-order valence-electron chi connectivity index (χ1n) is 9.79. The first-order chi connectivity index (χ1) is 15.4. The molecule has 6 nitrogen and oxygen atoms in total. The van der Waals surface area contributed by atoms with Crippen molar-refractivity contribution in [3.8, 4) is 11.4 Å². The number of ether oxygens (including phenoxy) is 1. The van der Waals surface area contributed by atoms with Crippen molar-refractivity contribution in [2.45, 2.75) is 24.3 Å². The molecule has 0 spiro atoms. The first-order valence-corrected chi connectivity index (χ1v) is 12.3. The molecular weight excluding hydrogens is 556 g/mol. The van der Waals surface area contributed by atoms with Crippen molar-refractivity contribution < 1.29 is 9.53 Å². The van der Waals surface area contributed by atoms with Gasteiger partial charge in [-0.1, -0.05) is 23.9 Å². The van der Waals surface area contributed by atoms with Crippen LogP contribution in [0.4, 0.5) is 5.82 Å². The van der Waals surface area contributed by atoms with E-state index in [1.807, 2.05) is 68.4 Å². The minimum atomic E-state index is -0.401. The van der Waals surface area contributed by atoms with E-state index < -0.39 is 5.25 Å². The molecule has 9 heteroatoms. The number of aryl methyl sites for hydroxylation is 1. The highest BCUT2D eigenvalue weighted by molar-refractivity contribution is 9.11. The topological polar surface area (TPSA) is 69.0 Å². The lowest BCUT2D eigenvalue weighted by atomic mass is 10.2. The molecule has 32 heavy (non-hydrogen) atoms. The zero-order valence-electron chi connectivity index (χ0n) is 17.6. The van der Waals surface area contributed by atoms with Crippen LogP contribution >= 0.6 is 43.6 Å². The van der Waals surface area contributed by atoms with Crippen molar-refractivity contribution >= 4 is 66.4 Å². The molecule has 2 aromatic carbocycles. The molecule has 0 saturated heterocycles. The van der Waals surface area contributed by atoms with E-state index in [1.54, 1.807) is 7.11 Å². The summed E-state index contributed by atoms with van der Waals surface area (Å²) in [5, 5.41) is 3.25. The van der Waals surface area contributed by atoms with E-state index in [9.17, 15) is 4.79 Å². The molecule has 0 radical (unpaired) electrons. The van der Waals surface area contributed by atoms with Gasteiger partial charge in [-0.25, -0.2) is 9.97 Å². The zero-order valence-corrected chi connectivity index (χ0v) is 21.6. The van der Waals surface area contributed by atoms with Crippen LogP contribution in [0.5, 0.6) is 5.75 Å². The number of fused-ring (bicyclic) bond motifs is 1. The van der Waals surface area contributed by atoms with Crippen LogP contribution in [-0.4, -0.2) is 32.8 Å². The zero-order chi connectivity index (χ0) is 22.8. The third-order valence-electron chi connectivity index (χ3n) is 4.86. The number of carbonyl (C=O) groups excluding carboxylic acids is 1. The van der Waals surface area contributed by atoms with Crippen LogP contribution in [0.25, 0.3) is 16.7 Å². The summed E-state index contributed by atoms with van der Waals surface area (Å²) in [4.78, 5) is 22.2. The molecule has 0 aliphatic rings. The Labute approximate surface area is 207 Å². The number of thioether (sulfide) groups is 1. The number of para-hydroxylation sites is 2. The number of aromatic nitrogens is 3. The molecule has 4 rings (SSSR count). The van der Waals surface area contributed by atoms with Gasteiger partial charge in [0.1, 0.15) is 11.6 Å². The van der Waals surface area contributed by atoms with Gasteiger partial charge in [0.2, 0.25) is 5.91 Å². The lowest BCUT2D eigenvalue weighted by Crippen LogP contribution is -2.23. The maximum absolute atomic E-state index is 13.0. The quantitative estimate of drug-likeness (QED) is 0.270. The number of amides is 1. The SMILES string of the molecule is COc1ccc(-n2c(SC(C)C(=O)Nc3nc(C)c(Br)cc3Br)nc3ccccc32)cc1. The third kappa shape index (κ3) is 4.69. The van der Waals surface area contributed by atoms with Gasteiger partial charge in [-0.3, -0.25) is 9.36 Å². The fourth-order valence-electron chi connectivity index (χ4n) is 3.14. The number of nitrogens with one attached hydrogen (secondary N) is 1. The van der Waals surface area contributed by atoms with Crippen LogP contribution in [0, 0.1) is 6.92 Å². The number of imidazole rings is 1. The monoisotopic (exact) mass is 574 g/mol. The second-order valence-corrected chi connectivity index (χ2v) is 10.1. The smallest absolute Gasteiger partial charge is 0.238 e. The van der Waals surface area contributed by atoms with Crippen molar-refractivity contribution in [1.82, 2.24) is 14.5 Å². The molecule has 1 amide bonds. The van der Waals surface area contributed by atoms with Crippen LogP contribution in [0.1, 0.15) is 12.6 Å². The molecule has 2 heterocycles. The molecule has 2 aromatic heterocycles. The summed E-state index contributed by atoms with van der Waals surface area (Å²) in [5.74, 6) is 1.12. The van der Waals surface area contributed by atoms with Crippen LogP contribution in [0.15, 0.2) is 68.7 Å². The Balaban J connectivity index is 1.63. The summed E-state index contributed by atoms with van der Waals surface area (Å²) in [5.41, 5.74) is 3.58. The minimum Gasteiger partial charge on any atom is -0.497 e. The Morgan fingerprint density at radius 1 is 1.09 bits per heavy atom. The highest BCUT2D eigenvalue weighted by Crippen LogP contribution is 2.32. The van der Waals surface area contributed by atoms with E-state index >= 15 is 0 Å². The maximum atomic E-state index is 13.0. The summed E-state index contributed by atoms with van der Waals surface area (Å²) in [6.45, 7) is 3.74. The second-order valence-electron chi connectivity index (χ2n) is 7.05. The van der Waals surface area contributed by atoms with Crippen LogP contribution in [0.2, 0.25) is 0 Å². The Kier molecular flexibility index (Phi) is 6.88. The predicted octanol–water partition coefficient (Wildman–Crippen LogP) is 6.38. The molecule has 0 aliphatic heterocycles. The number of rotatable bonds is 6. The summed E-state index contributed by atoms with van der Waals surface area (Å²) < 4.78 is 8.93. The first kappa shape index (κ1) is 22.8. The molecule has 0 aliphatic carbocycles. The number of hydrogen-bond donors (Lipinski definition) is 1. The van der Waals surface area contributed by atoms with Crippen molar-refractivity contribution in [2.24, 2.45) is 0 Å². The lowest BCUT2D eigenvalue weighted by molar-refractivity contribution is -0.115. The number of carbonyl (C=O) groups is 1. The molecular formula is C23H20Br2N4O2S. The average molecular weight is 576 g/mol. The lowest BCUT2D eigenvalue weighted by Gasteiger charge is -2.15. The summed E-state index contributed by atoms with van der Waals surface area (Å²) in [6, 6.07) is 17.6. The van der Waals surface area contributed by atoms with Gasteiger partial charge in [-0.15, -0.1) is 0 Å². The largest absolute Gasteiger partial charge is 0.497 e. The number of hydrogen-bond acceptors (Lipinski definition) is 5. The Morgan fingerprint density at radius 3 is 2.53 bits per heavy atom. The van der Waals surface area contributed by atoms with E-state index in [1.165, 1.54) is 11.8 Å². The van der Waals surface area contributed by atoms with Gasteiger partial charge in [0, 0.05) is 10.2 Å². The van der Waals surface area contributed by atoms with Crippen molar-refractivity contribution in [2.75, 3.05) is 12.4 Å². The highest BCUT2D eigenvalue weighted by atomic mass is 79.9. The number of pyridine rings is 1. The maximum Gasteiger partial charge on any atom is 0.238 e. The van der Waals surface area contributed by atoms with E-state index in [0.29, 0.717) is 10.3 Å². The molecule has 0 bridgehead atoms. The standard InChI is InChI=1S/C23H20Br2N4O2S/c1-13-17(24)12-18(25)21(26-13)28-22(30)14(2)32-23-27-19-6-4-5-7-20(19)29(23)15-8-10-16(31-3)11-9-15/h4-12,14H,1-3H3,(H,26,28,30). The van der Waals surface area contributed by atoms with Crippen molar-refractivity contribution in [3.05, 3.63) is 69.2 Å². The average Bonchev–Trinajstić information content (AvgIpc) is 3.15. The molecule has 0 saturated carbocycles. The van der Waals surface area contributed by atoms with Crippen molar-refractivity contribution in [3.63, 3.8) is 0 Å². The second kappa shape index (κ2) is 9.64. The predicted molar refractivity (Wildman–Crippen MR) is 136 cm³/mol. The molecule has 1 N–H and O–H groups in total. The fourth-order valence-corrected chi connectivity index (χ4v) is 5.12. The van der Waals surface area contributed by atoms with E-state index in [2.05, 4.69) is 46.7 Å². The van der Waals surface area contributed by atoms with E-state index in [0.717, 1.165) is 37.8 Å². The molecule has 4 aromatic rings. The van der Waals surface area contributed by atoms with Gasteiger partial charge < -0.3 is 10.1 Å². The van der Waals surface area contributed by atoms with Gasteiger partial charge in [-0.05, 0) is 88.2 Å². The number of halogens is 2. The van der Waals surface area contributed by atoms with E-state index in [-0.39, 0.29) is 5.91 Å². The summed E-state index contributed by atoms with van der Waals surface area (Å²) in [7, 11) is 1.64. The highest BCUT2D eigenvalue weighted by Gasteiger charge is 2.21. The molecule has 1 atom stereocenters. The number of anilines is 1. The van der Waals surface area contributed by atoms with Crippen LogP contribution < -0.4 is 10.1 Å². The Hall–Kier alpha value is -2.36. The summed E-state index contributed by atoms with van der Waals surface area (Å²) in [6.07, 6.45) is 0. The minimum absolute atomic E-state index is 0.154. The number of benzene rings is 2. The number of nitrogens with zero attached hydrogens (tertiary/aromatic N) is 3. The van der Waals surface area contributed by atoms with Gasteiger partial charge in [0.05, 0.1) is 33.6 Å². The Morgan fingerprint density at radius 2 is 1.81 bits per heavy atom. The van der Waals surface area contributed by atoms with E-state index in [4.69, 9.17) is 9.72 Å².